The van der Waals surface area contributed by atoms with Gasteiger partial charge in [0.05, 0.1) is 18.0 Å². The summed E-state index contributed by atoms with van der Waals surface area (Å²) in [4.78, 5) is 12.3. The molecule has 1 atom stereocenters. The Bertz CT molecular complexity index is 822. The molecule has 8 heteroatoms. The molecule has 134 valence electrons. The second kappa shape index (κ2) is 7.49. The van der Waals surface area contributed by atoms with Gasteiger partial charge in [-0.2, -0.15) is 9.78 Å². The van der Waals surface area contributed by atoms with Crippen molar-refractivity contribution in [1.29, 1.82) is 0 Å². The first-order valence-corrected chi connectivity index (χ1v) is 8.50. The Morgan fingerprint density at radius 1 is 1.36 bits per heavy atom. The summed E-state index contributed by atoms with van der Waals surface area (Å²) in [6.45, 7) is 0.250. The van der Waals surface area contributed by atoms with Gasteiger partial charge in [0, 0.05) is 12.6 Å². The first-order chi connectivity index (χ1) is 12.0. The summed E-state index contributed by atoms with van der Waals surface area (Å²) in [5.74, 6) is -1.42. The monoisotopic (exact) mass is 369 g/mol. The minimum absolute atomic E-state index is 0.169. The molecule has 0 spiro atoms. The summed E-state index contributed by atoms with van der Waals surface area (Å²) in [5, 5.41) is 16.8. The van der Waals surface area contributed by atoms with Crippen LogP contribution in [0.4, 0.5) is 14.5 Å². The van der Waals surface area contributed by atoms with Crippen molar-refractivity contribution in [1.82, 2.24) is 9.78 Å². The number of aliphatic hydroxyl groups excluding tert-OH is 1. The number of halogens is 3. The summed E-state index contributed by atoms with van der Waals surface area (Å²) in [7, 11) is 0. The van der Waals surface area contributed by atoms with Gasteiger partial charge in [0.2, 0.25) is 0 Å². The topological polar surface area (TPSA) is 67.2 Å². The SMILES string of the molecule is O=c1c(Cl)c(NCC(O)C2CCCC2)cnn1-c1ccc(F)cc1F. The van der Waals surface area contributed by atoms with Gasteiger partial charge in [-0.25, -0.2) is 8.78 Å². The number of hydrogen-bond acceptors (Lipinski definition) is 4. The first-order valence-electron chi connectivity index (χ1n) is 8.12. The molecule has 0 aliphatic heterocycles. The van der Waals surface area contributed by atoms with Crippen LogP contribution in [0.25, 0.3) is 5.69 Å². The van der Waals surface area contributed by atoms with Crippen LogP contribution in [-0.4, -0.2) is 27.5 Å². The van der Waals surface area contributed by atoms with Gasteiger partial charge in [-0.15, -0.1) is 0 Å². The van der Waals surface area contributed by atoms with E-state index in [9.17, 15) is 18.7 Å². The van der Waals surface area contributed by atoms with Gasteiger partial charge in [-0.3, -0.25) is 4.79 Å². The number of rotatable bonds is 5. The molecule has 1 fully saturated rings. The predicted octanol–water partition coefficient (Wildman–Crippen LogP) is 3.13. The number of aromatic nitrogens is 2. The van der Waals surface area contributed by atoms with Crippen LogP contribution >= 0.6 is 11.6 Å². The first kappa shape index (κ1) is 17.8. The summed E-state index contributed by atoms with van der Waals surface area (Å²) in [5.41, 5.74) is -0.652. The van der Waals surface area contributed by atoms with Gasteiger partial charge < -0.3 is 10.4 Å². The van der Waals surface area contributed by atoms with E-state index >= 15 is 0 Å². The smallest absolute Gasteiger partial charge is 0.292 e. The van der Waals surface area contributed by atoms with E-state index in [2.05, 4.69) is 10.4 Å². The van der Waals surface area contributed by atoms with Crippen molar-refractivity contribution < 1.29 is 13.9 Å². The molecule has 1 aliphatic carbocycles. The maximum absolute atomic E-state index is 13.8. The Labute approximate surface area is 148 Å². The number of hydrogen-bond donors (Lipinski definition) is 2. The van der Waals surface area contributed by atoms with Crippen LogP contribution < -0.4 is 10.9 Å². The maximum Gasteiger partial charge on any atom is 0.292 e. The van der Waals surface area contributed by atoms with Crippen molar-refractivity contribution in [3.63, 3.8) is 0 Å². The minimum atomic E-state index is -0.914. The molecule has 0 bridgehead atoms. The van der Waals surface area contributed by atoms with E-state index in [4.69, 9.17) is 11.6 Å². The zero-order chi connectivity index (χ0) is 18.0. The van der Waals surface area contributed by atoms with Gasteiger partial charge in [-0.1, -0.05) is 24.4 Å². The minimum Gasteiger partial charge on any atom is -0.391 e. The molecule has 25 heavy (non-hydrogen) atoms. The highest BCUT2D eigenvalue weighted by atomic mass is 35.5. The molecule has 3 rings (SSSR count). The van der Waals surface area contributed by atoms with Crippen molar-refractivity contribution in [2.45, 2.75) is 31.8 Å². The summed E-state index contributed by atoms with van der Waals surface area (Å²) >= 11 is 6.06. The van der Waals surface area contributed by atoms with Crippen LogP contribution in [0.5, 0.6) is 0 Å². The molecule has 0 radical (unpaired) electrons. The van der Waals surface area contributed by atoms with E-state index in [1.54, 1.807) is 0 Å². The normalized spacial score (nSPS) is 16.2. The largest absolute Gasteiger partial charge is 0.391 e. The van der Waals surface area contributed by atoms with Crippen LogP contribution in [0.1, 0.15) is 25.7 Å². The van der Waals surface area contributed by atoms with E-state index in [1.807, 2.05) is 0 Å². The molecule has 1 aromatic carbocycles. The van der Waals surface area contributed by atoms with Crippen LogP contribution in [0, 0.1) is 17.6 Å². The molecule has 2 N–H and O–H groups in total. The van der Waals surface area contributed by atoms with Crippen LogP contribution in [-0.2, 0) is 0 Å². The molecule has 5 nitrogen and oxygen atoms in total. The van der Waals surface area contributed by atoms with Gasteiger partial charge in [0.25, 0.3) is 5.56 Å². The fraction of sp³-hybridized carbons (Fsp3) is 0.412. The van der Waals surface area contributed by atoms with E-state index < -0.39 is 23.3 Å². The van der Waals surface area contributed by atoms with Gasteiger partial charge in [-0.05, 0) is 30.9 Å². The highest BCUT2D eigenvalue weighted by Gasteiger charge is 2.23. The third-order valence-electron chi connectivity index (χ3n) is 4.50. The number of aliphatic hydroxyl groups is 1. The molecule has 1 saturated carbocycles. The highest BCUT2D eigenvalue weighted by molar-refractivity contribution is 6.32. The Hall–Kier alpha value is -1.99. The molecular formula is C17H18ClF2N3O2. The van der Waals surface area contributed by atoms with E-state index in [0.717, 1.165) is 42.5 Å². The number of anilines is 1. The lowest BCUT2D eigenvalue weighted by Crippen LogP contribution is -2.28. The van der Waals surface area contributed by atoms with Gasteiger partial charge >= 0.3 is 0 Å². The van der Waals surface area contributed by atoms with Crippen molar-refractivity contribution in [3.05, 3.63) is 51.4 Å². The molecule has 0 saturated heterocycles. The molecular weight excluding hydrogens is 352 g/mol. The van der Waals surface area contributed by atoms with Crippen molar-refractivity contribution in [2.24, 2.45) is 5.92 Å². The van der Waals surface area contributed by atoms with Crippen molar-refractivity contribution >= 4 is 17.3 Å². The fourth-order valence-electron chi connectivity index (χ4n) is 3.10. The lowest BCUT2D eigenvalue weighted by Gasteiger charge is -2.19. The van der Waals surface area contributed by atoms with Crippen LogP contribution in [0.15, 0.2) is 29.2 Å². The zero-order valence-corrected chi connectivity index (χ0v) is 14.1. The van der Waals surface area contributed by atoms with E-state index in [0.29, 0.717) is 6.07 Å². The second-order valence-electron chi connectivity index (χ2n) is 6.18. The Morgan fingerprint density at radius 3 is 2.76 bits per heavy atom. The molecule has 1 aromatic heterocycles. The fourth-order valence-corrected chi connectivity index (χ4v) is 3.30. The van der Waals surface area contributed by atoms with Crippen molar-refractivity contribution in [3.8, 4) is 5.69 Å². The highest BCUT2D eigenvalue weighted by Crippen LogP contribution is 2.28. The summed E-state index contributed by atoms with van der Waals surface area (Å²) < 4.78 is 27.6. The average molecular weight is 370 g/mol. The molecule has 1 unspecified atom stereocenters. The van der Waals surface area contributed by atoms with Crippen LogP contribution in [0.2, 0.25) is 5.02 Å². The van der Waals surface area contributed by atoms with E-state index in [-0.39, 0.29) is 28.9 Å². The third-order valence-corrected chi connectivity index (χ3v) is 4.87. The molecule has 1 heterocycles. The average Bonchev–Trinajstić information content (AvgIpc) is 3.11. The molecule has 2 aromatic rings. The van der Waals surface area contributed by atoms with Gasteiger partial charge in [0.15, 0.2) is 5.82 Å². The third kappa shape index (κ3) is 3.82. The lowest BCUT2D eigenvalue weighted by molar-refractivity contribution is 0.123. The zero-order valence-electron chi connectivity index (χ0n) is 13.4. The number of nitrogens with zero attached hydrogens (tertiary/aromatic N) is 2. The van der Waals surface area contributed by atoms with Crippen LogP contribution in [0.3, 0.4) is 0 Å². The summed E-state index contributed by atoms with van der Waals surface area (Å²) in [6, 6.07) is 2.82. The second-order valence-corrected chi connectivity index (χ2v) is 6.56. The Balaban J connectivity index is 1.79. The molecule has 0 amide bonds. The Kier molecular flexibility index (Phi) is 5.34. The summed E-state index contributed by atoms with van der Waals surface area (Å²) in [6.07, 6.45) is 4.96. The van der Waals surface area contributed by atoms with E-state index in [1.165, 1.54) is 6.20 Å². The maximum atomic E-state index is 13.8. The standard InChI is InChI=1S/C17H18ClF2N3O2/c18-16-13(21-9-15(24)10-3-1-2-4-10)8-22-23(17(16)25)14-6-5-11(19)7-12(14)20/h5-8,10,15,21,24H,1-4,9H2. The van der Waals surface area contributed by atoms with Crippen molar-refractivity contribution in [2.75, 3.05) is 11.9 Å². The predicted molar refractivity (Wildman–Crippen MR) is 91.2 cm³/mol. The lowest BCUT2D eigenvalue weighted by atomic mass is 10.0. The molecule has 1 aliphatic rings. The number of nitrogens with one attached hydrogen (secondary N) is 1. The quantitative estimate of drug-likeness (QED) is 0.849. The number of benzene rings is 1. The Morgan fingerprint density at radius 2 is 2.08 bits per heavy atom. The van der Waals surface area contributed by atoms with Gasteiger partial charge in [0.1, 0.15) is 16.5 Å².